The zero-order chi connectivity index (χ0) is 13.9. The summed E-state index contributed by atoms with van der Waals surface area (Å²) in [4.78, 5) is 4.07. The fourth-order valence-electron chi connectivity index (χ4n) is 2.20. The van der Waals surface area contributed by atoms with Gasteiger partial charge in [0.2, 0.25) is 0 Å². The second kappa shape index (κ2) is 5.96. The van der Waals surface area contributed by atoms with Crippen LogP contribution in [0.3, 0.4) is 0 Å². The van der Waals surface area contributed by atoms with Gasteiger partial charge in [-0.3, -0.25) is 4.98 Å². The van der Waals surface area contributed by atoms with Crippen LogP contribution in [0.4, 0.5) is 0 Å². The first kappa shape index (κ1) is 14.4. The Morgan fingerprint density at radius 3 is 2.95 bits per heavy atom. The van der Waals surface area contributed by atoms with E-state index in [9.17, 15) is 8.42 Å². The Morgan fingerprint density at radius 2 is 2.32 bits per heavy atom. The molecule has 6 nitrogen and oxygen atoms in total. The van der Waals surface area contributed by atoms with E-state index in [2.05, 4.69) is 15.0 Å². The normalized spacial score (nSPS) is 21.7. The van der Waals surface area contributed by atoms with Crippen LogP contribution >= 0.6 is 0 Å². The summed E-state index contributed by atoms with van der Waals surface area (Å²) in [6, 6.07) is 3.40. The molecule has 106 valence electrons. The monoisotopic (exact) mass is 284 g/mol. The maximum Gasteiger partial charge on any atom is 0.280 e. The maximum absolute atomic E-state index is 12.3. The highest BCUT2D eigenvalue weighted by atomic mass is 32.2. The largest absolute Gasteiger partial charge is 0.313 e. The second-order valence-electron chi connectivity index (χ2n) is 4.89. The standard InChI is InChI=1S/C12H20N4O2S/c1-10(2)15-19(17,18)16-7-6-14-9-12(16)11-4-3-5-13-8-11/h3-5,8,10,12,14-15H,6-7,9H2,1-2H3. The zero-order valence-corrected chi connectivity index (χ0v) is 12.0. The summed E-state index contributed by atoms with van der Waals surface area (Å²) in [5.41, 5.74) is 0.906. The van der Waals surface area contributed by atoms with Gasteiger partial charge in [-0.1, -0.05) is 6.07 Å². The van der Waals surface area contributed by atoms with Gasteiger partial charge in [0.15, 0.2) is 0 Å². The van der Waals surface area contributed by atoms with Crippen molar-refractivity contribution in [1.29, 1.82) is 0 Å². The molecule has 0 radical (unpaired) electrons. The van der Waals surface area contributed by atoms with Crippen LogP contribution in [-0.2, 0) is 10.2 Å². The van der Waals surface area contributed by atoms with E-state index in [-0.39, 0.29) is 12.1 Å². The summed E-state index contributed by atoms with van der Waals surface area (Å²) in [5.74, 6) is 0. The lowest BCUT2D eigenvalue weighted by Crippen LogP contribution is -2.53. The summed E-state index contributed by atoms with van der Waals surface area (Å²) < 4.78 is 28.8. The first-order chi connectivity index (χ1) is 9.00. The smallest absolute Gasteiger partial charge is 0.280 e. The molecule has 0 aliphatic carbocycles. The number of hydrogen-bond acceptors (Lipinski definition) is 4. The molecular formula is C12H20N4O2S. The Morgan fingerprint density at radius 1 is 1.53 bits per heavy atom. The zero-order valence-electron chi connectivity index (χ0n) is 11.2. The lowest BCUT2D eigenvalue weighted by atomic mass is 10.1. The van der Waals surface area contributed by atoms with Gasteiger partial charge in [-0.25, -0.2) is 0 Å². The summed E-state index contributed by atoms with van der Waals surface area (Å²) >= 11 is 0. The minimum absolute atomic E-state index is 0.116. The fraction of sp³-hybridized carbons (Fsp3) is 0.583. The molecule has 19 heavy (non-hydrogen) atoms. The molecule has 0 spiro atoms. The van der Waals surface area contributed by atoms with Crippen LogP contribution in [-0.4, -0.2) is 43.4 Å². The average molecular weight is 284 g/mol. The van der Waals surface area contributed by atoms with Crippen molar-refractivity contribution in [2.24, 2.45) is 0 Å². The highest BCUT2D eigenvalue weighted by Gasteiger charge is 2.33. The topological polar surface area (TPSA) is 74.3 Å². The van der Waals surface area contributed by atoms with Crippen molar-refractivity contribution in [3.8, 4) is 0 Å². The summed E-state index contributed by atoms with van der Waals surface area (Å²) in [6.45, 7) is 5.36. The third-order valence-corrected chi connectivity index (χ3v) is 4.78. The van der Waals surface area contributed by atoms with Crippen LogP contribution < -0.4 is 10.0 Å². The Kier molecular flexibility index (Phi) is 4.51. The van der Waals surface area contributed by atoms with Gasteiger partial charge in [-0.2, -0.15) is 17.4 Å². The quantitative estimate of drug-likeness (QED) is 0.832. The molecule has 1 aliphatic heterocycles. The van der Waals surface area contributed by atoms with Gasteiger partial charge in [-0.15, -0.1) is 0 Å². The third kappa shape index (κ3) is 3.50. The molecule has 1 fully saturated rings. The molecule has 0 amide bonds. The lowest BCUT2D eigenvalue weighted by molar-refractivity contribution is 0.266. The molecule has 7 heteroatoms. The molecule has 0 aromatic carbocycles. The van der Waals surface area contributed by atoms with E-state index in [1.165, 1.54) is 4.31 Å². The van der Waals surface area contributed by atoms with Crippen molar-refractivity contribution in [2.45, 2.75) is 25.9 Å². The Balaban J connectivity index is 2.26. The molecule has 1 unspecified atom stereocenters. The van der Waals surface area contributed by atoms with Gasteiger partial charge in [0, 0.05) is 38.1 Å². The van der Waals surface area contributed by atoms with Gasteiger partial charge < -0.3 is 5.32 Å². The Labute approximate surface area is 114 Å². The minimum atomic E-state index is -3.46. The van der Waals surface area contributed by atoms with Crippen LogP contribution in [0.5, 0.6) is 0 Å². The van der Waals surface area contributed by atoms with E-state index >= 15 is 0 Å². The van der Waals surface area contributed by atoms with Gasteiger partial charge in [-0.05, 0) is 25.5 Å². The number of piperazine rings is 1. The molecule has 1 aromatic rings. The van der Waals surface area contributed by atoms with Crippen LogP contribution in [0.25, 0.3) is 0 Å². The van der Waals surface area contributed by atoms with E-state index in [1.807, 2.05) is 26.0 Å². The summed E-state index contributed by atoms with van der Waals surface area (Å²) in [5, 5.41) is 3.23. The first-order valence-corrected chi connectivity index (χ1v) is 7.84. The predicted molar refractivity (Wildman–Crippen MR) is 73.7 cm³/mol. The third-order valence-electron chi connectivity index (χ3n) is 2.96. The number of pyridine rings is 1. The number of aromatic nitrogens is 1. The highest BCUT2D eigenvalue weighted by Crippen LogP contribution is 2.23. The van der Waals surface area contributed by atoms with Crippen molar-refractivity contribution < 1.29 is 8.42 Å². The summed E-state index contributed by atoms with van der Waals surface area (Å²) in [6.07, 6.45) is 3.40. The molecule has 0 bridgehead atoms. The molecular weight excluding hydrogens is 264 g/mol. The Bertz CT molecular complexity index is 504. The molecule has 1 saturated heterocycles. The van der Waals surface area contributed by atoms with Crippen molar-refractivity contribution in [3.05, 3.63) is 30.1 Å². The number of hydrogen-bond donors (Lipinski definition) is 2. The SMILES string of the molecule is CC(C)NS(=O)(=O)N1CCNCC1c1cccnc1. The van der Waals surface area contributed by atoms with Gasteiger partial charge in [0.05, 0.1) is 6.04 Å². The van der Waals surface area contributed by atoms with Crippen molar-refractivity contribution in [1.82, 2.24) is 19.3 Å². The van der Waals surface area contributed by atoms with E-state index in [0.717, 1.165) is 5.56 Å². The van der Waals surface area contributed by atoms with Crippen molar-refractivity contribution in [3.63, 3.8) is 0 Å². The van der Waals surface area contributed by atoms with E-state index in [1.54, 1.807) is 12.4 Å². The number of nitrogens with one attached hydrogen (secondary N) is 2. The van der Waals surface area contributed by atoms with E-state index in [4.69, 9.17) is 0 Å². The van der Waals surface area contributed by atoms with Crippen molar-refractivity contribution in [2.75, 3.05) is 19.6 Å². The van der Waals surface area contributed by atoms with E-state index in [0.29, 0.717) is 19.6 Å². The molecule has 1 atom stereocenters. The molecule has 1 aliphatic rings. The van der Waals surface area contributed by atoms with Crippen LogP contribution in [0, 0.1) is 0 Å². The number of rotatable bonds is 4. The van der Waals surface area contributed by atoms with E-state index < -0.39 is 10.2 Å². The van der Waals surface area contributed by atoms with Crippen molar-refractivity contribution >= 4 is 10.2 Å². The Hall–Kier alpha value is -1.02. The predicted octanol–water partition coefficient (Wildman–Crippen LogP) is 0.271. The highest BCUT2D eigenvalue weighted by molar-refractivity contribution is 7.87. The first-order valence-electron chi connectivity index (χ1n) is 6.40. The maximum atomic E-state index is 12.3. The molecule has 0 saturated carbocycles. The molecule has 2 N–H and O–H groups in total. The average Bonchev–Trinajstić information content (AvgIpc) is 2.38. The summed E-state index contributed by atoms with van der Waals surface area (Å²) in [7, 11) is -3.46. The van der Waals surface area contributed by atoms with Crippen LogP contribution in [0.15, 0.2) is 24.5 Å². The van der Waals surface area contributed by atoms with Crippen LogP contribution in [0.1, 0.15) is 25.5 Å². The molecule has 2 rings (SSSR count). The molecule has 2 heterocycles. The minimum Gasteiger partial charge on any atom is -0.313 e. The van der Waals surface area contributed by atoms with Gasteiger partial charge in [0.25, 0.3) is 10.2 Å². The van der Waals surface area contributed by atoms with Crippen LogP contribution in [0.2, 0.25) is 0 Å². The van der Waals surface area contributed by atoms with Gasteiger partial charge in [0.1, 0.15) is 0 Å². The fourth-order valence-corrected chi connectivity index (χ4v) is 3.79. The second-order valence-corrected chi connectivity index (χ2v) is 6.55. The molecule has 1 aromatic heterocycles. The van der Waals surface area contributed by atoms with Gasteiger partial charge >= 0.3 is 0 Å². The number of nitrogens with zero attached hydrogens (tertiary/aromatic N) is 2. The lowest BCUT2D eigenvalue weighted by Gasteiger charge is -2.35.